The van der Waals surface area contributed by atoms with Gasteiger partial charge in [-0.15, -0.1) is 0 Å². The van der Waals surface area contributed by atoms with Crippen molar-refractivity contribution in [3.05, 3.63) is 152 Å². The lowest BCUT2D eigenvalue weighted by molar-refractivity contribution is 1.37. The lowest BCUT2D eigenvalue weighted by Gasteiger charge is -2.20. The molecule has 1 aromatic heterocycles. The number of pyridine rings is 1. The second kappa shape index (κ2) is 9.18. The normalized spacial score (nSPS) is 11.5. The number of rotatable bonds is 3. The van der Waals surface area contributed by atoms with E-state index in [2.05, 4.69) is 145 Å². The summed E-state index contributed by atoms with van der Waals surface area (Å²) in [5.41, 5.74) is 7.40. The average Bonchev–Trinajstić information content (AvgIpc) is 3.03. The quantitative estimate of drug-likeness (QED) is 0.217. The third kappa shape index (κ3) is 3.52. The van der Waals surface area contributed by atoms with Crippen molar-refractivity contribution in [3.8, 4) is 33.4 Å². The van der Waals surface area contributed by atoms with Crippen LogP contribution in [0.25, 0.3) is 76.5 Å². The summed E-state index contributed by atoms with van der Waals surface area (Å²) < 4.78 is 0. The maximum absolute atomic E-state index is 4.64. The highest BCUT2D eigenvalue weighted by Gasteiger charge is 2.19. The van der Waals surface area contributed by atoms with Crippen LogP contribution in [0.4, 0.5) is 0 Å². The van der Waals surface area contributed by atoms with Crippen molar-refractivity contribution in [1.29, 1.82) is 0 Å². The molecule has 0 unspecified atom stereocenters. The van der Waals surface area contributed by atoms with Gasteiger partial charge in [0.25, 0.3) is 0 Å². The van der Waals surface area contributed by atoms with E-state index in [4.69, 9.17) is 0 Å². The van der Waals surface area contributed by atoms with Gasteiger partial charge in [0.2, 0.25) is 0 Å². The minimum absolute atomic E-state index is 1.16. The largest absolute Gasteiger partial charge is 0.264 e. The Morgan fingerprint density at radius 3 is 1.80 bits per heavy atom. The Morgan fingerprint density at radius 1 is 0.350 bits per heavy atom. The summed E-state index contributed by atoms with van der Waals surface area (Å²) in [4.78, 5) is 4.64. The molecule has 0 saturated heterocycles. The van der Waals surface area contributed by atoms with Crippen LogP contribution in [0.2, 0.25) is 0 Å². The van der Waals surface area contributed by atoms with Crippen LogP contribution in [-0.2, 0) is 0 Å². The monoisotopic (exact) mass is 507 g/mol. The molecule has 0 atom stereocenters. The average molecular weight is 508 g/mol. The Balaban J connectivity index is 1.49. The maximum Gasteiger partial charge on any atom is 0.0353 e. The number of hydrogen-bond acceptors (Lipinski definition) is 1. The van der Waals surface area contributed by atoms with E-state index in [-0.39, 0.29) is 0 Å². The topological polar surface area (TPSA) is 12.9 Å². The standard InChI is InChI=1S/C39H25N/c1-2-12-28-24-29(21-20-26(28)10-1)38-34-17-7-8-18-35(34)39(37-25-40-23-22-36(37)38)33-16-6-5-15-32(33)31-19-9-13-27-11-3-4-14-30(27)31/h1-25H. The van der Waals surface area contributed by atoms with E-state index in [0.29, 0.717) is 0 Å². The van der Waals surface area contributed by atoms with Crippen LogP contribution in [0.5, 0.6) is 0 Å². The first-order valence-corrected chi connectivity index (χ1v) is 13.7. The van der Waals surface area contributed by atoms with Crippen LogP contribution in [0, 0.1) is 0 Å². The van der Waals surface area contributed by atoms with Crippen molar-refractivity contribution < 1.29 is 0 Å². The SMILES string of the molecule is c1ccc(-c2c3ccccc3c(-c3ccc4ccccc4c3)c3ccncc23)c(-c2cccc3ccccc23)c1. The number of benzene rings is 7. The molecule has 0 fully saturated rings. The molecule has 0 aliphatic carbocycles. The Kier molecular flexibility index (Phi) is 5.21. The van der Waals surface area contributed by atoms with Crippen LogP contribution in [0.15, 0.2) is 152 Å². The molecule has 0 N–H and O–H groups in total. The third-order valence-corrected chi connectivity index (χ3v) is 8.14. The van der Waals surface area contributed by atoms with E-state index >= 15 is 0 Å². The van der Waals surface area contributed by atoms with Crippen molar-refractivity contribution in [2.75, 3.05) is 0 Å². The number of fused-ring (bicyclic) bond motifs is 4. The second-order valence-electron chi connectivity index (χ2n) is 10.4. The van der Waals surface area contributed by atoms with E-state index in [1.165, 1.54) is 71.1 Å². The van der Waals surface area contributed by atoms with Crippen molar-refractivity contribution in [2.24, 2.45) is 0 Å². The zero-order valence-corrected chi connectivity index (χ0v) is 21.9. The molecule has 0 amide bonds. The van der Waals surface area contributed by atoms with Gasteiger partial charge in [0.15, 0.2) is 0 Å². The van der Waals surface area contributed by atoms with E-state index < -0.39 is 0 Å². The van der Waals surface area contributed by atoms with E-state index in [9.17, 15) is 0 Å². The highest BCUT2D eigenvalue weighted by Crippen LogP contribution is 2.46. The fraction of sp³-hybridized carbons (Fsp3) is 0. The highest BCUT2D eigenvalue weighted by atomic mass is 14.6. The molecule has 1 nitrogen and oxygen atoms in total. The van der Waals surface area contributed by atoms with Crippen molar-refractivity contribution in [2.45, 2.75) is 0 Å². The summed E-state index contributed by atoms with van der Waals surface area (Å²) >= 11 is 0. The fourth-order valence-electron chi connectivity index (χ4n) is 6.36. The summed E-state index contributed by atoms with van der Waals surface area (Å²) in [5, 5.41) is 9.87. The molecule has 8 aromatic rings. The maximum atomic E-state index is 4.64. The first-order valence-electron chi connectivity index (χ1n) is 13.7. The van der Waals surface area contributed by atoms with Gasteiger partial charge in [-0.3, -0.25) is 4.98 Å². The number of aromatic nitrogens is 1. The highest BCUT2D eigenvalue weighted by molar-refractivity contribution is 6.22. The van der Waals surface area contributed by atoms with Gasteiger partial charge in [0.1, 0.15) is 0 Å². The van der Waals surface area contributed by atoms with Crippen LogP contribution >= 0.6 is 0 Å². The van der Waals surface area contributed by atoms with Crippen molar-refractivity contribution in [1.82, 2.24) is 4.98 Å². The molecule has 8 rings (SSSR count). The smallest absolute Gasteiger partial charge is 0.0353 e. The Bertz CT molecular complexity index is 2160. The molecular weight excluding hydrogens is 482 g/mol. The molecule has 1 heteroatoms. The number of nitrogens with zero attached hydrogens (tertiary/aromatic N) is 1. The van der Waals surface area contributed by atoms with Gasteiger partial charge in [-0.2, -0.15) is 0 Å². The molecule has 0 aliphatic rings. The van der Waals surface area contributed by atoms with Gasteiger partial charge in [-0.1, -0.05) is 127 Å². The predicted molar refractivity (Wildman–Crippen MR) is 171 cm³/mol. The lowest BCUT2D eigenvalue weighted by Crippen LogP contribution is -1.93. The molecular formula is C39H25N. The van der Waals surface area contributed by atoms with Gasteiger partial charge in [-0.05, 0) is 83.2 Å². The fourth-order valence-corrected chi connectivity index (χ4v) is 6.36. The first kappa shape index (κ1) is 22.7. The summed E-state index contributed by atoms with van der Waals surface area (Å²) in [6.07, 6.45) is 3.96. The summed E-state index contributed by atoms with van der Waals surface area (Å²) in [6, 6.07) is 50.5. The van der Waals surface area contributed by atoms with Gasteiger partial charge in [0.05, 0.1) is 0 Å². The van der Waals surface area contributed by atoms with E-state index in [1.807, 2.05) is 12.4 Å². The summed E-state index contributed by atoms with van der Waals surface area (Å²) in [6.45, 7) is 0. The molecule has 0 spiro atoms. The van der Waals surface area contributed by atoms with Gasteiger partial charge >= 0.3 is 0 Å². The Labute approximate surface area is 233 Å². The van der Waals surface area contributed by atoms with Crippen LogP contribution in [0.3, 0.4) is 0 Å². The molecule has 1 heterocycles. The van der Waals surface area contributed by atoms with Gasteiger partial charge in [-0.25, -0.2) is 0 Å². The Hall–Kier alpha value is -5.27. The first-order chi connectivity index (χ1) is 19.9. The lowest BCUT2D eigenvalue weighted by atomic mass is 9.83. The van der Waals surface area contributed by atoms with Crippen LogP contribution in [0.1, 0.15) is 0 Å². The minimum Gasteiger partial charge on any atom is -0.264 e. The van der Waals surface area contributed by atoms with Gasteiger partial charge < -0.3 is 0 Å². The summed E-state index contributed by atoms with van der Waals surface area (Å²) in [7, 11) is 0. The Morgan fingerprint density at radius 2 is 0.950 bits per heavy atom. The molecule has 0 radical (unpaired) electrons. The minimum atomic E-state index is 1.16. The second-order valence-corrected chi connectivity index (χ2v) is 10.4. The molecule has 186 valence electrons. The van der Waals surface area contributed by atoms with Gasteiger partial charge in [0, 0.05) is 17.8 Å². The predicted octanol–water partition coefficient (Wildman–Crippen LogP) is 10.7. The molecule has 0 saturated carbocycles. The van der Waals surface area contributed by atoms with E-state index in [0.717, 1.165) is 5.39 Å². The van der Waals surface area contributed by atoms with Crippen molar-refractivity contribution >= 4 is 43.1 Å². The zero-order valence-electron chi connectivity index (χ0n) is 21.9. The van der Waals surface area contributed by atoms with Crippen molar-refractivity contribution in [3.63, 3.8) is 0 Å². The van der Waals surface area contributed by atoms with E-state index in [1.54, 1.807) is 0 Å². The molecule has 0 bridgehead atoms. The third-order valence-electron chi connectivity index (χ3n) is 8.14. The summed E-state index contributed by atoms with van der Waals surface area (Å²) in [5.74, 6) is 0. The zero-order chi connectivity index (χ0) is 26.5. The molecule has 0 aliphatic heterocycles. The molecule has 7 aromatic carbocycles. The van der Waals surface area contributed by atoms with Crippen LogP contribution in [-0.4, -0.2) is 4.98 Å². The number of hydrogen-bond donors (Lipinski definition) is 0. The molecule has 40 heavy (non-hydrogen) atoms. The van der Waals surface area contributed by atoms with Crippen LogP contribution < -0.4 is 0 Å².